The Morgan fingerprint density at radius 1 is 1.29 bits per heavy atom. The molecule has 0 saturated heterocycles. The molecule has 1 N–H and O–H groups in total. The second kappa shape index (κ2) is 8.51. The zero-order valence-electron chi connectivity index (χ0n) is 11.8. The molecule has 0 saturated carbocycles. The number of rotatable bonds is 10. The van der Waals surface area contributed by atoms with Crippen molar-refractivity contribution in [1.29, 1.82) is 0 Å². The van der Waals surface area contributed by atoms with Crippen molar-refractivity contribution in [3.05, 3.63) is 0 Å². The van der Waals surface area contributed by atoms with Crippen LogP contribution in [0.1, 0.15) is 66.2 Å². The number of ether oxygens (including phenoxy) is 1. The molecule has 0 rings (SSSR count). The predicted molar refractivity (Wildman–Crippen MR) is 70.2 cm³/mol. The van der Waals surface area contributed by atoms with E-state index in [1.165, 1.54) is 6.42 Å². The zero-order chi connectivity index (χ0) is 13.3. The Balaban J connectivity index is 4.03. The fourth-order valence-corrected chi connectivity index (χ4v) is 1.65. The molecule has 1 atom stereocenters. The quantitative estimate of drug-likeness (QED) is 0.593. The van der Waals surface area contributed by atoms with E-state index in [0.717, 1.165) is 25.7 Å². The fourth-order valence-electron chi connectivity index (χ4n) is 1.65. The maximum Gasteiger partial charge on any atom is 0.335 e. The summed E-state index contributed by atoms with van der Waals surface area (Å²) in [6.07, 6.45) is 5.88. The van der Waals surface area contributed by atoms with Crippen molar-refractivity contribution in [2.45, 2.75) is 71.8 Å². The van der Waals surface area contributed by atoms with Crippen molar-refractivity contribution >= 4 is 5.97 Å². The Hall–Kier alpha value is -0.570. The van der Waals surface area contributed by atoms with Crippen LogP contribution in [-0.4, -0.2) is 23.3 Å². The first-order valence-corrected chi connectivity index (χ1v) is 6.79. The van der Waals surface area contributed by atoms with Crippen molar-refractivity contribution in [2.24, 2.45) is 5.92 Å². The van der Waals surface area contributed by atoms with Gasteiger partial charge in [-0.2, -0.15) is 0 Å². The molecule has 0 aromatic heterocycles. The average molecular weight is 244 g/mol. The van der Waals surface area contributed by atoms with Gasteiger partial charge in [0.1, 0.15) is 0 Å². The van der Waals surface area contributed by atoms with Crippen LogP contribution in [0.5, 0.6) is 0 Å². The maximum atomic E-state index is 11.2. The highest BCUT2D eigenvalue weighted by Gasteiger charge is 2.33. The minimum Gasteiger partial charge on any atom is -0.479 e. The zero-order valence-corrected chi connectivity index (χ0v) is 11.8. The predicted octanol–water partition coefficient (Wildman–Crippen LogP) is 3.86. The van der Waals surface area contributed by atoms with Crippen LogP contribution in [-0.2, 0) is 9.53 Å². The highest BCUT2D eigenvalue weighted by molar-refractivity contribution is 5.76. The molecule has 0 fully saturated rings. The van der Waals surface area contributed by atoms with Gasteiger partial charge in [-0.3, -0.25) is 0 Å². The second-order valence-corrected chi connectivity index (χ2v) is 5.38. The van der Waals surface area contributed by atoms with Crippen LogP contribution < -0.4 is 0 Å². The summed E-state index contributed by atoms with van der Waals surface area (Å²) in [6.45, 7) is 8.61. The van der Waals surface area contributed by atoms with Crippen LogP contribution in [0.15, 0.2) is 0 Å². The van der Waals surface area contributed by atoms with E-state index in [2.05, 4.69) is 20.8 Å². The van der Waals surface area contributed by atoms with E-state index in [9.17, 15) is 9.90 Å². The Morgan fingerprint density at radius 2 is 1.94 bits per heavy atom. The van der Waals surface area contributed by atoms with Gasteiger partial charge < -0.3 is 9.84 Å². The first kappa shape index (κ1) is 16.4. The molecule has 0 spiro atoms. The summed E-state index contributed by atoms with van der Waals surface area (Å²) in [4.78, 5) is 11.2. The van der Waals surface area contributed by atoms with Crippen molar-refractivity contribution < 1.29 is 14.6 Å². The number of carbonyl (C=O) groups is 1. The normalized spacial score (nSPS) is 14.9. The molecule has 102 valence electrons. The summed E-state index contributed by atoms with van der Waals surface area (Å²) in [5, 5.41) is 9.23. The molecule has 0 aliphatic carbocycles. The molecule has 17 heavy (non-hydrogen) atoms. The third-order valence-corrected chi connectivity index (χ3v) is 3.08. The first-order chi connectivity index (χ1) is 7.92. The van der Waals surface area contributed by atoms with Crippen LogP contribution in [0.2, 0.25) is 0 Å². The highest BCUT2D eigenvalue weighted by Crippen LogP contribution is 2.21. The number of hydrogen-bond donors (Lipinski definition) is 1. The lowest BCUT2D eigenvalue weighted by Gasteiger charge is -2.25. The van der Waals surface area contributed by atoms with E-state index in [-0.39, 0.29) is 0 Å². The van der Waals surface area contributed by atoms with Gasteiger partial charge in [-0.1, -0.05) is 40.0 Å². The summed E-state index contributed by atoms with van der Waals surface area (Å²) in [5.41, 5.74) is -0.997. The van der Waals surface area contributed by atoms with Gasteiger partial charge in [0, 0.05) is 6.61 Å². The van der Waals surface area contributed by atoms with E-state index < -0.39 is 11.6 Å². The molecule has 0 aromatic rings. The number of carboxylic acids is 1. The highest BCUT2D eigenvalue weighted by atomic mass is 16.5. The van der Waals surface area contributed by atoms with Crippen LogP contribution in [0.4, 0.5) is 0 Å². The Bertz CT molecular complexity index is 214. The van der Waals surface area contributed by atoms with Gasteiger partial charge in [-0.25, -0.2) is 4.79 Å². The monoisotopic (exact) mass is 244 g/mol. The third kappa shape index (κ3) is 7.37. The average Bonchev–Trinajstić information content (AvgIpc) is 2.23. The van der Waals surface area contributed by atoms with Gasteiger partial charge >= 0.3 is 5.97 Å². The van der Waals surface area contributed by atoms with Crippen molar-refractivity contribution in [2.75, 3.05) is 6.61 Å². The smallest absolute Gasteiger partial charge is 0.335 e. The lowest BCUT2D eigenvalue weighted by atomic mass is 9.97. The summed E-state index contributed by atoms with van der Waals surface area (Å²) in [6, 6.07) is 0. The lowest BCUT2D eigenvalue weighted by Crippen LogP contribution is -2.38. The summed E-state index contributed by atoms with van der Waals surface area (Å²) < 4.78 is 5.58. The van der Waals surface area contributed by atoms with Gasteiger partial charge in [0.15, 0.2) is 5.60 Å². The van der Waals surface area contributed by atoms with E-state index in [1.807, 2.05) is 0 Å². The van der Waals surface area contributed by atoms with Gasteiger partial charge in [0.25, 0.3) is 0 Å². The van der Waals surface area contributed by atoms with Gasteiger partial charge in [0.2, 0.25) is 0 Å². The second-order valence-electron chi connectivity index (χ2n) is 5.38. The van der Waals surface area contributed by atoms with E-state index in [1.54, 1.807) is 6.92 Å². The summed E-state index contributed by atoms with van der Waals surface area (Å²) >= 11 is 0. The molecule has 0 radical (unpaired) electrons. The van der Waals surface area contributed by atoms with E-state index >= 15 is 0 Å². The lowest BCUT2D eigenvalue weighted by molar-refractivity contribution is -0.165. The molecule has 3 nitrogen and oxygen atoms in total. The van der Waals surface area contributed by atoms with Crippen molar-refractivity contribution in [3.63, 3.8) is 0 Å². The van der Waals surface area contributed by atoms with Crippen molar-refractivity contribution in [3.8, 4) is 0 Å². The molecule has 0 aliphatic heterocycles. The van der Waals surface area contributed by atoms with Crippen LogP contribution in [0, 0.1) is 5.92 Å². The SMILES string of the molecule is CCCCCCC(C)(OCCC(C)C)C(=O)O. The van der Waals surface area contributed by atoms with Gasteiger partial charge in [0.05, 0.1) is 0 Å². The molecule has 0 bridgehead atoms. The van der Waals surface area contributed by atoms with E-state index in [4.69, 9.17) is 4.74 Å². The first-order valence-electron chi connectivity index (χ1n) is 6.79. The molecule has 0 aliphatic rings. The van der Waals surface area contributed by atoms with Crippen LogP contribution >= 0.6 is 0 Å². The summed E-state index contributed by atoms with van der Waals surface area (Å²) in [7, 11) is 0. The Morgan fingerprint density at radius 3 is 2.41 bits per heavy atom. The topological polar surface area (TPSA) is 46.5 Å². The van der Waals surface area contributed by atoms with Crippen LogP contribution in [0.3, 0.4) is 0 Å². The standard InChI is InChI=1S/C14H28O3/c1-5-6-7-8-10-14(4,13(15)16)17-11-9-12(2)3/h12H,5-11H2,1-4H3,(H,15,16). The minimum atomic E-state index is -0.997. The van der Waals surface area contributed by atoms with Gasteiger partial charge in [-0.05, 0) is 32.1 Å². The number of hydrogen-bond acceptors (Lipinski definition) is 2. The van der Waals surface area contributed by atoms with Gasteiger partial charge in [-0.15, -0.1) is 0 Å². The fraction of sp³-hybridized carbons (Fsp3) is 0.929. The third-order valence-electron chi connectivity index (χ3n) is 3.08. The molecular weight excluding hydrogens is 216 g/mol. The van der Waals surface area contributed by atoms with Crippen LogP contribution in [0.25, 0.3) is 0 Å². The molecule has 0 amide bonds. The number of aliphatic carboxylic acids is 1. The molecular formula is C14H28O3. The maximum absolute atomic E-state index is 11.2. The molecule has 1 unspecified atom stereocenters. The van der Waals surface area contributed by atoms with Crippen molar-refractivity contribution in [1.82, 2.24) is 0 Å². The number of unbranched alkanes of at least 4 members (excludes halogenated alkanes) is 3. The Kier molecular flexibility index (Phi) is 8.23. The largest absolute Gasteiger partial charge is 0.479 e. The molecule has 0 aromatic carbocycles. The summed E-state index contributed by atoms with van der Waals surface area (Å²) in [5.74, 6) is -0.286. The minimum absolute atomic E-state index is 0.536. The Labute approximate surface area is 106 Å². The molecule has 3 heteroatoms. The number of carboxylic acid groups (broad SMARTS) is 1. The van der Waals surface area contributed by atoms with E-state index in [0.29, 0.717) is 18.9 Å². The molecule has 0 heterocycles.